The maximum atomic E-state index is 12.4. The highest BCUT2D eigenvalue weighted by Crippen LogP contribution is 2.30. The number of hydrogen-bond donors (Lipinski definition) is 2. The van der Waals surface area contributed by atoms with Gasteiger partial charge in [0.1, 0.15) is 0 Å². The highest BCUT2D eigenvalue weighted by molar-refractivity contribution is 6.39. The van der Waals surface area contributed by atoms with Crippen LogP contribution in [0.25, 0.3) is 0 Å². The molecule has 0 aliphatic carbocycles. The van der Waals surface area contributed by atoms with Gasteiger partial charge in [0.05, 0.1) is 0 Å². The van der Waals surface area contributed by atoms with E-state index in [1.165, 1.54) is 0 Å². The van der Waals surface area contributed by atoms with Gasteiger partial charge in [-0.3, -0.25) is 14.4 Å². The van der Waals surface area contributed by atoms with Crippen LogP contribution in [0.1, 0.15) is 31.4 Å². The third-order valence-electron chi connectivity index (χ3n) is 4.96. The number of benzene rings is 2. The fourth-order valence-electron chi connectivity index (χ4n) is 3.45. The summed E-state index contributed by atoms with van der Waals surface area (Å²) in [5.74, 6) is -1.32. The fraction of sp³-hybridized carbons (Fsp3) is 0.348. The van der Waals surface area contributed by atoms with Crippen molar-refractivity contribution in [1.82, 2.24) is 5.32 Å². The van der Waals surface area contributed by atoms with Crippen molar-refractivity contribution in [3.63, 3.8) is 0 Å². The molecule has 29 heavy (non-hydrogen) atoms. The summed E-state index contributed by atoms with van der Waals surface area (Å²) in [4.78, 5) is 38.5. The molecule has 0 fully saturated rings. The van der Waals surface area contributed by atoms with E-state index in [-0.39, 0.29) is 11.8 Å². The lowest BCUT2D eigenvalue weighted by molar-refractivity contribution is -0.136. The van der Waals surface area contributed by atoms with E-state index in [4.69, 9.17) is 0 Å². The Bertz CT molecular complexity index is 893. The second kappa shape index (κ2) is 9.37. The summed E-state index contributed by atoms with van der Waals surface area (Å²) in [5, 5.41) is 5.30. The topological polar surface area (TPSA) is 78.5 Å². The highest BCUT2D eigenvalue weighted by atomic mass is 16.2. The number of hydrogen-bond acceptors (Lipinski definition) is 3. The predicted octanol–water partition coefficient (Wildman–Crippen LogP) is 2.92. The average molecular weight is 393 g/mol. The standard InChI is InChI=1S/C23H27N3O3/c1-16(2)23(29)26-14-6-9-18-15-19(10-11-20(18)26)25-22(28)21(27)24-13-12-17-7-4-3-5-8-17/h3-5,7-8,10-11,15-16H,6,9,12-14H2,1-2H3,(H,24,27)(H,25,28). The number of nitrogens with one attached hydrogen (secondary N) is 2. The van der Waals surface area contributed by atoms with Crippen LogP contribution in [-0.4, -0.2) is 30.8 Å². The SMILES string of the molecule is CC(C)C(=O)N1CCCc2cc(NC(=O)C(=O)NCCc3ccccc3)ccc21. The number of amides is 3. The minimum Gasteiger partial charge on any atom is -0.347 e. The van der Waals surface area contributed by atoms with Crippen molar-refractivity contribution in [2.75, 3.05) is 23.3 Å². The zero-order chi connectivity index (χ0) is 20.8. The first kappa shape index (κ1) is 20.6. The molecule has 1 heterocycles. The van der Waals surface area contributed by atoms with Gasteiger partial charge in [-0.25, -0.2) is 0 Å². The van der Waals surface area contributed by atoms with Crippen LogP contribution >= 0.6 is 0 Å². The summed E-state index contributed by atoms with van der Waals surface area (Å²) < 4.78 is 0. The normalized spacial score (nSPS) is 13.0. The van der Waals surface area contributed by atoms with Crippen molar-refractivity contribution in [2.24, 2.45) is 5.92 Å². The maximum Gasteiger partial charge on any atom is 0.313 e. The third-order valence-corrected chi connectivity index (χ3v) is 4.96. The van der Waals surface area contributed by atoms with E-state index in [2.05, 4.69) is 10.6 Å². The fourth-order valence-corrected chi connectivity index (χ4v) is 3.45. The highest BCUT2D eigenvalue weighted by Gasteiger charge is 2.24. The third kappa shape index (κ3) is 5.22. The van der Waals surface area contributed by atoms with Crippen LogP contribution in [0.15, 0.2) is 48.5 Å². The maximum absolute atomic E-state index is 12.4. The molecule has 2 N–H and O–H groups in total. The quantitative estimate of drug-likeness (QED) is 0.767. The summed E-state index contributed by atoms with van der Waals surface area (Å²) in [6.45, 7) is 4.88. The van der Waals surface area contributed by atoms with Gasteiger partial charge in [0, 0.05) is 30.4 Å². The van der Waals surface area contributed by atoms with E-state index in [1.54, 1.807) is 6.07 Å². The van der Waals surface area contributed by atoms with Gasteiger partial charge < -0.3 is 15.5 Å². The molecule has 3 rings (SSSR count). The van der Waals surface area contributed by atoms with E-state index in [9.17, 15) is 14.4 Å². The Hall–Kier alpha value is -3.15. The molecule has 0 aromatic heterocycles. The Morgan fingerprint density at radius 1 is 1.03 bits per heavy atom. The summed E-state index contributed by atoms with van der Waals surface area (Å²) >= 11 is 0. The molecule has 3 amide bonds. The molecule has 0 saturated heterocycles. The molecule has 0 radical (unpaired) electrons. The van der Waals surface area contributed by atoms with Crippen molar-refractivity contribution < 1.29 is 14.4 Å². The van der Waals surface area contributed by atoms with Crippen molar-refractivity contribution in [1.29, 1.82) is 0 Å². The minimum absolute atomic E-state index is 0.0695. The minimum atomic E-state index is -0.691. The molecular formula is C23H27N3O3. The van der Waals surface area contributed by atoms with E-state index in [0.29, 0.717) is 25.2 Å². The van der Waals surface area contributed by atoms with Crippen LogP contribution < -0.4 is 15.5 Å². The van der Waals surface area contributed by atoms with E-state index in [1.807, 2.05) is 61.2 Å². The largest absolute Gasteiger partial charge is 0.347 e. The van der Waals surface area contributed by atoms with Gasteiger partial charge >= 0.3 is 11.8 Å². The zero-order valence-corrected chi connectivity index (χ0v) is 16.9. The lowest BCUT2D eigenvalue weighted by atomic mass is 9.99. The number of anilines is 2. The molecule has 0 spiro atoms. The number of carbonyl (C=O) groups excluding carboxylic acids is 3. The van der Waals surface area contributed by atoms with Gasteiger partial charge in [-0.1, -0.05) is 44.2 Å². The molecule has 1 aliphatic rings. The average Bonchev–Trinajstić information content (AvgIpc) is 2.73. The molecule has 0 bridgehead atoms. The van der Waals surface area contributed by atoms with Crippen LogP contribution in [0.2, 0.25) is 0 Å². The molecule has 1 aliphatic heterocycles. The zero-order valence-electron chi connectivity index (χ0n) is 16.9. The molecule has 6 heteroatoms. The van der Waals surface area contributed by atoms with Crippen LogP contribution in [-0.2, 0) is 27.2 Å². The van der Waals surface area contributed by atoms with Crippen molar-refractivity contribution in [2.45, 2.75) is 33.1 Å². The van der Waals surface area contributed by atoms with Gasteiger partial charge in [0.25, 0.3) is 0 Å². The van der Waals surface area contributed by atoms with E-state index >= 15 is 0 Å². The number of carbonyl (C=O) groups is 3. The van der Waals surface area contributed by atoms with Gasteiger partial charge in [0.2, 0.25) is 5.91 Å². The Morgan fingerprint density at radius 3 is 2.52 bits per heavy atom. The molecular weight excluding hydrogens is 366 g/mol. The van der Waals surface area contributed by atoms with Gasteiger partial charge in [-0.2, -0.15) is 0 Å². The second-order valence-electron chi connectivity index (χ2n) is 7.54. The van der Waals surface area contributed by atoms with Gasteiger partial charge in [-0.15, -0.1) is 0 Å². The first-order chi connectivity index (χ1) is 14.0. The summed E-state index contributed by atoms with van der Waals surface area (Å²) in [6, 6.07) is 15.2. The first-order valence-electron chi connectivity index (χ1n) is 10.0. The van der Waals surface area contributed by atoms with Crippen molar-refractivity contribution in [3.05, 3.63) is 59.7 Å². The molecule has 2 aromatic rings. The van der Waals surface area contributed by atoms with Crippen molar-refractivity contribution >= 4 is 29.1 Å². The molecule has 6 nitrogen and oxygen atoms in total. The Labute approximate surface area is 171 Å². The lowest BCUT2D eigenvalue weighted by Crippen LogP contribution is -2.38. The Kier molecular flexibility index (Phi) is 6.65. The predicted molar refractivity (Wildman–Crippen MR) is 114 cm³/mol. The van der Waals surface area contributed by atoms with Crippen LogP contribution in [0.5, 0.6) is 0 Å². The molecule has 152 valence electrons. The van der Waals surface area contributed by atoms with Gasteiger partial charge in [-0.05, 0) is 48.6 Å². The first-order valence-corrected chi connectivity index (χ1v) is 10.0. The Balaban J connectivity index is 1.58. The molecule has 0 saturated carbocycles. The number of nitrogens with zero attached hydrogens (tertiary/aromatic N) is 1. The molecule has 0 unspecified atom stereocenters. The van der Waals surface area contributed by atoms with Gasteiger partial charge in [0.15, 0.2) is 0 Å². The second-order valence-corrected chi connectivity index (χ2v) is 7.54. The lowest BCUT2D eigenvalue weighted by Gasteiger charge is -2.31. The van der Waals surface area contributed by atoms with E-state index < -0.39 is 11.8 Å². The van der Waals surface area contributed by atoms with Crippen LogP contribution in [0, 0.1) is 5.92 Å². The van der Waals surface area contributed by atoms with Crippen LogP contribution in [0.3, 0.4) is 0 Å². The van der Waals surface area contributed by atoms with Crippen molar-refractivity contribution in [3.8, 4) is 0 Å². The molecule has 2 aromatic carbocycles. The summed E-state index contributed by atoms with van der Waals surface area (Å²) in [6.07, 6.45) is 2.38. The number of rotatable bonds is 5. The Morgan fingerprint density at radius 2 is 1.79 bits per heavy atom. The van der Waals surface area contributed by atoms with Crippen LogP contribution in [0.4, 0.5) is 11.4 Å². The molecule has 0 atom stereocenters. The number of aryl methyl sites for hydroxylation is 1. The number of fused-ring (bicyclic) bond motifs is 1. The summed E-state index contributed by atoms with van der Waals surface area (Å²) in [5.41, 5.74) is 3.56. The monoisotopic (exact) mass is 393 g/mol. The van der Waals surface area contributed by atoms with E-state index in [0.717, 1.165) is 29.7 Å². The summed E-state index contributed by atoms with van der Waals surface area (Å²) in [7, 11) is 0. The smallest absolute Gasteiger partial charge is 0.313 e.